The van der Waals surface area contributed by atoms with E-state index in [9.17, 15) is 0 Å². The lowest BCUT2D eigenvalue weighted by Gasteiger charge is -2.19. The van der Waals surface area contributed by atoms with E-state index in [1.165, 1.54) is 5.56 Å². The number of hydrogen-bond donors (Lipinski definition) is 0. The molecule has 0 amide bonds. The highest BCUT2D eigenvalue weighted by Crippen LogP contribution is 2.35. The smallest absolute Gasteiger partial charge is 0.142 e. The maximum absolute atomic E-state index is 5.50. The Kier molecular flexibility index (Phi) is 3.27. The highest BCUT2D eigenvalue weighted by atomic mass is 16.5. The molecule has 2 nitrogen and oxygen atoms in total. The van der Waals surface area contributed by atoms with Crippen LogP contribution in [0.1, 0.15) is 77.3 Å². The topological polar surface area (TPSA) is 26.0 Å². The van der Waals surface area contributed by atoms with Crippen molar-refractivity contribution in [3.05, 3.63) is 17.0 Å². The van der Waals surface area contributed by atoms with E-state index in [0.717, 1.165) is 11.5 Å². The molecule has 1 aromatic rings. The van der Waals surface area contributed by atoms with E-state index in [1.807, 2.05) is 0 Å². The zero-order chi connectivity index (χ0) is 11.8. The molecule has 0 atom stereocenters. The van der Waals surface area contributed by atoms with E-state index in [-0.39, 0.29) is 5.41 Å². The third-order valence-electron chi connectivity index (χ3n) is 2.57. The second-order valence-electron chi connectivity index (χ2n) is 5.87. The number of nitrogens with zero attached hydrogens (tertiary/aromatic N) is 1. The van der Waals surface area contributed by atoms with E-state index in [4.69, 9.17) is 4.52 Å². The van der Waals surface area contributed by atoms with Crippen LogP contribution in [0, 0.1) is 0 Å². The van der Waals surface area contributed by atoms with Gasteiger partial charge in [0.15, 0.2) is 0 Å². The average Bonchev–Trinajstić information content (AvgIpc) is 2.45. The third-order valence-corrected chi connectivity index (χ3v) is 2.57. The zero-order valence-electron chi connectivity index (χ0n) is 11.0. The first-order chi connectivity index (χ1) is 6.75. The Morgan fingerprint density at radius 1 is 1.00 bits per heavy atom. The second kappa shape index (κ2) is 3.99. The molecule has 0 fully saturated rings. The Hall–Kier alpha value is -0.790. The largest absolute Gasteiger partial charge is 0.361 e. The van der Waals surface area contributed by atoms with Crippen molar-refractivity contribution in [2.75, 3.05) is 0 Å². The van der Waals surface area contributed by atoms with Crippen molar-refractivity contribution in [2.24, 2.45) is 0 Å². The van der Waals surface area contributed by atoms with E-state index in [1.54, 1.807) is 0 Å². The van der Waals surface area contributed by atoms with Gasteiger partial charge in [0, 0.05) is 16.9 Å². The van der Waals surface area contributed by atoms with Gasteiger partial charge in [-0.1, -0.05) is 53.6 Å². The summed E-state index contributed by atoms with van der Waals surface area (Å²) in [5, 5.41) is 4.25. The first-order valence-electron chi connectivity index (χ1n) is 5.75. The SMILES string of the molecule is CC(C)c1onc(C(C)(C)C)c1C(C)C. The predicted octanol–water partition coefficient (Wildman–Crippen LogP) is 4.22. The normalized spacial score (nSPS) is 12.9. The summed E-state index contributed by atoms with van der Waals surface area (Å²) in [6.45, 7) is 15.3. The van der Waals surface area contributed by atoms with Gasteiger partial charge in [-0.15, -0.1) is 0 Å². The second-order valence-corrected chi connectivity index (χ2v) is 5.87. The summed E-state index contributed by atoms with van der Waals surface area (Å²) in [4.78, 5) is 0. The maximum Gasteiger partial charge on any atom is 0.142 e. The van der Waals surface area contributed by atoms with Crippen molar-refractivity contribution < 1.29 is 4.52 Å². The summed E-state index contributed by atoms with van der Waals surface area (Å²) in [6.07, 6.45) is 0. The maximum atomic E-state index is 5.50. The summed E-state index contributed by atoms with van der Waals surface area (Å²) < 4.78 is 5.50. The first kappa shape index (κ1) is 12.3. The minimum absolute atomic E-state index is 0.0657. The molecular formula is C13H23NO. The molecule has 0 aliphatic carbocycles. The van der Waals surface area contributed by atoms with Crippen LogP contribution in [0.15, 0.2) is 4.52 Å². The van der Waals surface area contributed by atoms with Crippen LogP contribution in [0.2, 0.25) is 0 Å². The van der Waals surface area contributed by atoms with Crippen LogP contribution in [0.5, 0.6) is 0 Å². The zero-order valence-corrected chi connectivity index (χ0v) is 11.0. The number of hydrogen-bond acceptors (Lipinski definition) is 2. The van der Waals surface area contributed by atoms with Crippen LogP contribution in [0.25, 0.3) is 0 Å². The molecule has 0 unspecified atom stereocenters. The van der Waals surface area contributed by atoms with E-state index in [0.29, 0.717) is 11.8 Å². The van der Waals surface area contributed by atoms with Crippen LogP contribution in [0.4, 0.5) is 0 Å². The molecule has 0 saturated carbocycles. The Labute approximate surface area is 93.0 Å². The highest BCUT2D eigenvalue weighted by molar-refractivity contribution is 5.32. The molecule has 1 rings (SSSR count). The lowest BCUT2D eigenvalue weighted by Crippen LogP contribution is -2.15. The van der Waals surface area contributed by atoms with Crippen molar-refractivity contribution in [1.29, 1.82) is 0 Å². The van der Waals surface area contributed by atoms with Gasteiger partial charge in [-0.3, -0.25) is 0 Å². The summed E-state index contributed by atoms with van der Waals surface area (Å²) in [7, 11) is 0. The molecule has 0 N–H and O–H groups in total. The number of rotatable bonds is 2. The molecule has 15 heavy (non-hydrogen) atoms. The molecule has 1 aromatic heterocycles. The van der Waals surface area contributed by atoms with Gasteiger partial charge in [0.2, 0.25) is 0 Å². The Morgan fingerprint density at radius 2 is 1.53 bits per heavy atom. The fraction of sp³-hybridized carbons (Fsp3) is 0.769. The molecule has 0 radical (unpaired) electrons. The molecule has 2 heteroatoms. The Morgan fingerprint density at radius 3 is 1.87 bits per heavy atom. The molecule has 1 heterocycles. The van der Waals surface area contributed by atoms with Crippen molar-refractivity contribution in [2.45, 2.75) is 65.7 Å². The van der Waals surface area contributed by atoms with Gasteiger partial charge in [0.1, 0.15) is 5.76 Å². The van der Waals surface area contributed by atoms with Gasteiger partial charge in [0.05, 0.1) is 5.69 Å². The standard InChI is InChI=1S/C13H23NO/c1-8(2)10-11(9(3)4)15-14-12(10)13(5,6)7/h8-9H,1-7H3. The summed E-state index contributed by atoms with van der Waals surface area (Å²) in [5.41, 5.74) is 2.48. The Balaban J connectivity index is 3.31. The minimum Gasteiger partial charge on any atom is -0.361 e. The van der Waals surface area contributed by atoms with E-state index in [2.05, 4.69) is 53.6 Å². The Bertz CT molecular complexity index is 329. The van der Waals surface area contributed by atoms with Crippen molar-refractivity contribution in [3.8, 4) is 0 Å². The van der Waals surface area contributed by atoms with Crippen molar-refractivity contribution >= 4 is 0 Å². The molecule has 0 aliphatic heterocycles. The van der Waals surface area contributed by atoms with Crippen LogP contribution in [-0.2, 0) is 5.41 Å². The van der Waals surface area contributed by atoms with E-state index < -0.39 is 0 Å². The number of aromatic nitrogens is 1. The molecule has 0 bridgehead atoms. The lowest BCUT2D eigenvalue weighted by atomic mass is 9.84. The molecule has 0 aliphatic rings. The fourth-order valence-corrected chi connectivity index (χ4v) is 1.83. The quantitative estimate of drug-likeness (QED) is 0.729. The van der Waals surface area contributed by atoms with Gasteiger partial charge in [-0.05, 0) is 5.92 Å². The van der Waals surface area contributed by atoms with Crippen LogP contribution in [-0.4, -0.2) is 5.16 Å². The third kappa shape index (κ3) is 2.42. The monoisotopic (exact) mass is 209 g/mol. The highest BCUT2D eigenvalue weighted by Gasteiger charge is 2.28. The molecule has 0 spiro atoms. The van der Waals surface area contributed by atoms with Gasteiger partial charge in [-0.2, -0.15) is 0 Å². The lowest BCUT2D eigenvalue weighted by molar-refractivity contribution is 0.354. The molecule has 0 aromatic carbocycles. The van der Waals surface area contributed by atoms with Crippen LogP contribution >= 0.6 is 0 Å². The predicted molar refractivity (Wildman–Crippen MR) is 63.4 cm³/mol. The van der Waals surface area contributed by atoms with Crippen LogP contribution in [0.3, 0.4) is 0 Å². The summed E-state index contributed by atoms with van der Waals surface area (Å²) in [5.74, 6) is 1.93. The van der Waals surface area contributed by atoms with Gasteiger partial charge >= 0.3 is 0 Å². The van der Waals surface area contributed by atoms with Crippen molar-refractivity contribution in [3.63, 3.8) is 0 Å². The minimum atomic E-state index is 0.0657. The van der Waals surface area contributed by atoms with Crippen molar-refractivity contribution in [1.82, 2.24) is 5.16 Å². The average molecular weight is 209 g/mol. The van der Waals surface area contributed by atoms with Gasteiger partial charge in [0.25, 0.3) is 0 Å². The van der Waals surface area contributed by atoms with Crippen LogP contribution < -0.4 is 0 Å². The molecule has 86 valence electrons. The fourth-order valence-electron chi connectivity index (χ4n) is 1.83. The summed E-state index contributed by atoms with van der Waals surface area (Å²) in [6, 6.07) is 0. The molecule has 0 saturated heterocycles. The van der Waals surface area contributed by atoms with Gasteiger partial charge < -0.3 is 4.52 Å². The summed E-state index contributed by atoms with van der Waals surface area (Å²) >= 11 is 0. The van der Waals surface area contributed by atoms with E-state index >= 15 is 0 Å². The van der Waals surface area contributed by atoms with Gasteiger partial charge in [-0.25, -0.2) is 0 Å². The molecular weight excluding hydrogens is 186 g/mol. The first-order valence-corrected chi connectivity index (χ1v) is 5.75.